The fourth-order valence-electron chi connectivity index (χ4n) is 8.30. The Morgan fingerprint density at radius 2 is 1.56 bits per heavy atom. The first kappa shape index (κ1) is 42.8. The van der Waals surface area contributed by atoms with E-state index in [4.69, 9.17) is 0 Å². The summed E-state index contributed by atoms with van der Waals surface area (Å²) in [6.07, 6.45) is 7.59. The molecule has 6 N–H and O–H groups in total. The van der Waals surface area contributed by atoms with Gasteiger partial charge in [0, 0.05) is 36.3 Å². The third kappa shape index (κ3) is 11.5. The number of fused-ring (bicyclic) bond motifs is 1. The van der Waals surface area contributed by atoms with E-state index in [1.807, 2.05) is 84.0 Å². The minimum absolute atomic E-state index is 0.181. The number of urea groups is 1. The summed E-state index contributed by atoms with van der Waals surface area (Å²) in [6, 6.07) is 6.11. The molecule has 3 aliphatic heterocycles. The largest absolute Gasteiger partial charge is 0.351 e. The smallest absolute Gasteiger partial charge is 0.315 e. The van der Waals surface area contributed by atoms with Gasteiger partial charge in [0.1, 0.15) is 18.1 Å². The number of amides is 6. The molecule has 1 aromatic carbocycles. The first-order valence-corrected chi connectivity index (χ1v) is 19.9. The van der Waals surface area contributed by atoms with Crippen molar-refractivity contribution in [3.8, 4) is 0 Å². The minimum Gasteiger partial charge on any atom is -0.351 e. The third-order valence-electron chi connectivity index (χ3n) is 10.9. The average Bonchev–Trinajstić information content (AvgIpc) is 3.58. The highest BCUT2D eigenvalue weighted by Crippen LogP contribution is 2.36. The van der Waals surface area contributed by atoms with Crippen LogP contribution < -0.4 is 26.6 Å². The normalized spacial score (nSPS) is 28.5. The summed E-state index contributed by atoms with van der Waals surface area (Å²) in [7, 11) is 0. The van der Waals surface area contributed by atoms with Crippen LogP contribution in [0.4, 0.5) is 4.79 Å². The van der Waals surface area contributed by atoms with Crippen LogP contribution in [-0.4, -0.2) is 99.2 Å². The molecule has 5 atom stereocenters. The zero-order valence-electron chi connectivity index (χ0n) is 33.6. The van der Waals surface area contributed by atoms with Crippen LogP contribution in [0.2, 0.25) is 0 Å². The molecular weight excluding hydrogens is 686 g/mol. The third-order valence-corrected chi connectivity index (χ3v) is 10.9. The van der Waals surface area contributed by atoms with E-state index in [0.717, 1.165) is 5.56 Å². The zero-order chi connectivity index (χ0) is 39.8. The Kier molecular flexibility index (Phi) is 14.7. The summed E-state index contributed by atoms with van der Waals surface area (Å²) in [5, 5.41) is 27.1. The van der Waals surface area contributed by atoms with E-state index < -0.39 is 46.9 Å². The van der Waals surface area contributed by atoms with E-state index in [2.05, 4.69) is 40.4 Å². The second-order valence-corrected chi connectivity index (χ2v) is 17.5. The fourth-order valence-corrected chi connectivity index (χ4v) is 8.30. The molecule has 1 aromatic rings. The van der Waals surface area contributed by atoms with Crippen molar-refractivity contribution < 1.29 is 29.2 Å². The van der Waals surface area contributed by atoms with E-state index in [1.54, 1.807) is 4.90 Å². The molecule has 0 aliphatic carbocycles. The standard InChI is InChI=1S/C41H65N7O6/c1-26(2)22-30-19-18-29(23-28-14-10-9-11-15-28)38(52)47-21-13-17-33(47)36(50)46-34(27(3)4)37(51)45-32(16-12-20-42-39(53)44-30)35(49)43-31-24-40(5,6)48(54)41(7,8)25-31/h9-11,14-15,18-19,26-27,29-34,54H,12-13,16-17,20-25H2,1-8H3,(H,43,49)(H,45,51)(H,46,50)(H2,42,44,53)/b19-18+. The van der Waals surface area contributed by atoms with E-state index in [1.165, 1.54) is 5.06 Å². The Balaban J connectivity index is 1.62. The molecule has 3 heterocycles. The Hall–Kier alpha value is -3.97. The molecule has 4 rings (SSSR count). The summed E-state index contributed by atoms with van der Waals surface area (Å²) < 4.78 is 0. The number of carbonyl (C=O) groups excluding carboxylic acids is 5. The molecule has 3 aliphatic rings. The van der Waals surface area contributed by atoms with Gasteiger partial charge >= 0.3 is 6.03 Å². The predicted octanol–water partition coefficient (Wildman–Crippen LogP) is 4.05. The Labute approximate surface area is 321 Å². The van der Waals surface area contributed by atoms with Crippen LogP contribution >= 0.6 is 0 Å². The topological polar surface area (TPSA) is 172 Å². The van der Waals surface area contributed by atoms with Gasteiger partial charge in [-0.25, -0.2) is 4.79 Å². The minimum atomic E-state index is -0.955. The van der Waals surface area contributed by atoms with Crippen LogP contribution in [0.25, 0.3) is 0 Å². The van der Waals surface area contributed by atoms with Gasteiger partial charge in [-0.05, 0) is 96.5 Å². The SMILES string of the molecule is CC(C)CC1/C=C/C(Cc2ccccc2)C(=O)N2CCCC2C(=O)NC(C(C)C)C(=O)NC(C(=O)NC2CC(C)(C)N(O)C(C)(C)C2)CCCNC(=O)N1. The molecule has 0 radical (unpaired) electrons. The van der Waals surface area contributed by atoms with Crippen molar-refractivity contribution in [2.45, 2.75) is 148 Å². The molecule has 0 saturated carbocycles. The number of nitrogens with zero attached hydrogens (tertiary/aromatic N) is 2. The number of carbonyl (C=O) groups is 5. The van der Waals surface area contributed by atoms with Crippen molar-refractivity contribution in [3.63, 3.8) is 0 Å². The number of hydroxylamine groups is 2. The first-order chi connectivity index (χ1) is 25.4. The highest BCUT2D eigenvalue weighted by atomic mass is 16.5. The van der Waals surface area contributed by atoms with Crippen molar-refractivity contribution in [2.75, 3.05) is 13.1 Å². The molecule has 2 fully saturated rings. The van der Waals surface area contributed by atoms with Crippen molar-refractivity contribution in [2.24, 2.45) is 17.8 Å². The monoisotopic (exact) mass is 751 g/mol. The molecular formula is C41H65N7O6. The fraction of sp³-hybridized carbons (Fsp3) is 0.683. The molecule has 5 unspecified atom stereocenters. The zero-order valence-corrected chi connectivity index (χ0v) is 33.6. The highest BCUT2D eigenvalue weighted by Gasteiger charge is 2.46. The van der Waals surface area contributed by atoms with Gasteiger partial charge in [0.15, 0.2) is 0 Å². The van der Waals surface area contributed by atoms with Crippen LogP contribution in [0.15, 0.2) is 42.5 Å². The molecule has 0 spiro atoms. The van der Waals surface area contributed by atoms with Gasteiger partial charge in [0.25, 0.3) is 0 Å². The maximum absolute atomic E-state index is 14.3. The van der Waals surface area contributed by atoms with Crippen molar-refractivity contribution in [1.82, 2.24) is 36.5 Å². The van der Waals surface area contributed by atoms with Crippen LogP contribution in [0.1, 0.15) is 106 Å². The highest BCUT2D eigenvalue weighted by molar-refractivity contribution is 5.95. The van der Waals surface area contributed by atoms with E-state index >= 15 is 0 Å². The summed E-state index contributed by atoms with van der Waals surface area (Å²) in [6.45, 7) is 16.1. The van der Waals surface area contributed by atoms with E-state index in [0.29, 0.717) is 51.5 Å². The molecule has 54 heavy (non-hydrogen) atoms. The summed E-state index contributed by atoms with van der Waals surface area (Å²) in [5.41, 5.74) is -0.208. The van der Waals surface area contributed by atoms with Crippen LogP contribution in [0, 0.1) is 17.8 Å². The summed E-state index contributed by atoms with van der Waals surface area (Å²) in [4.78, 5) is 71.0. The number of benzene rings is 1. The van der Waals surface area contributed by atoms with Gasteiger partial charge in [0.2, 0.25) is 23.6 Å². The first-order valence-electron chi connectivity index (χ1n) is 19.9. The van der Waals surface area contributed by atoms with Crippen LogP contribution in [-0.2, 0) is 25.6 Å². The molecule has 300 valence electrons. The van der Waals surface area contributed by atoms with Gasteiger partial charge in [0.05, 0.1) is 5.92 Å². The number of rotatable bonds is 7. The van der Waals surface area contributed by atoms with Gasteiger partial charge in [-0.2, -0.15) is 5.06 Å². The summed E-state index contributed by atoms with van der Waals surface area (Å²) in [5.74, 6) is -2.07. The Morgan fingerprint density at radius 3 is 2.19 bits per heavy atom. The Bertz CT molecular complexity index is 1480. The van der Waals surface area contributed by atoms with Gasteiger partial charge < -0.3 is 36.7 Å². The number of hydrogen-bond donors (Lipinski definition) is 6. The van der Waals surface area contributed by atoms with Crippen molar-refractivity contribution in [3.05, 3.63) is 48.0 Å². The number of nitrogens with one attached hydrogen (secondary N) is 5. The molecule has 2 saturated heterocycles. The molecule has 13 nitrogen and oxygen atoms in total. The maximum Gasteiger partial charge on any atom is 0.315 e. The lowest BCUT2D eigenvalue weighted by Gasteiger charge is -2.51. The van der Waals surface area contributed by atoms with Crippen molar-refractivity contribution in [1.29, 1.82) is 0 Å². The van der Waals surface area contributed by atoms with Crippen LogP contribution in [0.5, 0.6) is 0 Å². The molecule has 0 bridgehead atoms. The van der Waals surface area contributed by atoms with Crippen molar-refractivity contribution >= 4 is 29.7 Å². The second kappa shape index (κ2) is 18.6. The predicted molar refractivity (Wildman–Crippen MR) is 208 cm³/mol. The van der Waals surface area contributed by atoms with Gasteiger partial charge in [-0.15, -0.1) is 0 Å². The van der Waals surface area contributed by atoms with E-state index in [-0.39, 0.29) is 54.7 Å². The average molecular weight is 752 g/mol. The lowest BCUT2D eigenvalue weighted by atomic mass is 9.79. The number of hydrogen-bond acceptors (Lipinski definition) is 7. The van der Waals surface area contributed by atoms with Crippen LogP contribution in [0.3, 0.4) is 0 Å². The Morgan fingerprint density at radius 1 is 0.889 bits per heavy atom. The number of piperidine rings is 1. The molecule has 0 aromatic heterocycles. The van der Waals surface area contributed by atoms with Gasteiger partial charge in [-0.1, -0.05) is 70.2 Å². The quantitative estimate of drug-likeness (QED) is 0.228. The van der Waals surface area contributed by atoms with Gasteiger partial charge in [-0.3, -0.25) is 19.2 Å². The lowest BCUT2D eigenvalue weighted by Crippen LogP contribution is -2.64. The second-order valence-electron chi connectivity index (χ2n) is 17.5. The molecule has 13 heteroatoms. The van der Waals surface area contributed by atoms with E-state index in [9.17, 15) is 29.2 Å². The maximum atomic E-state index is 14.3. The lowest BCUT2D eigenvalue weighted by molar-refractivity contribution is -0.246. The molecule has 6 amide bonds. The summed E-state index contributed by atoms with van der Waals surface area (Å²) >= 11 is 0.